The van der Waals surface area contributed by atoms with Gasteiger partial charge in [0.15, 0.2) is 5.75 Å². The van der Waals surface area contributed by atoms with Crippen molar-refractivity contribution >= 4 is 79.7 Å². The van der Waals surface area contributed by atoms with Crippen molar-refractivity contribution in [3.05, 3.63) is 58.0 Å². The number of hydrogen-bond acceptors (Lipinski definition) is 4. The highest BCUT2D eigenvalue weighted by molar-refractivity contribution is 14.1. The Labute approximate surface area is 165 Å². The van der Waals surface area contributed by atoms with Crippen LogP contribution in [-0.2, 0) is 0 Å². The molecular formula is C14H5FI3O4-. The maximum atomic E-state index is 13.8. The Bertz CT molecular complexity index is 754. The van der Waals surface area contributed by atoms with Gasteiger partial charge in [-0.1, -0.05) is 12.1 Å². The summed E-state index contributed by atoms with van der Waals surface area (Å²) in [7, 11) is 0. The van der Waals surface area contributed by atoms with E-state index in [4.69, 9.17) is 4.74 Å². The predicted molar refractivity (Wildman–Crippen MR) is 100 cm³/mol. The Morgan fingerprint density at radius 2 is 1.68 bits per heavy atom. The molecule has 0 saturated heterocycles. The molecule has 0 aliphatic carbocycles. The monoisotopic (exact) mass is 637 g/mol. The number of halogens is 4. The minimum absolute atomic E-state index is 0.263. The van der Waals surface area contributed by atoms with Gasteiger partial charge < -0.3 is 14.6 Å². The number of carboxylic acids is 1. The third kappa shape index (κ3) is 3.88. The molecule has 0 aromatic heterocycles. The lowest BCUT2D eigenvalue weighted by molar-refractivity contribution is -0.255. The molecule has 114 valence electrons. The van der Waals surface area contributed by atoms with Gasteiger partial charge in [-0.2, -0.15) is 0 Å². The molecule has 2 aromatic rings. The highest BCUT2D eigenvalue weighted by Gasteiger charge is 2.21. The Morgan fingerprint density at radius 1 is 1.09 bits per heavy atom. The van der Waals surface area contributed by atoms with Gasteiger partial charge in [0.25, 0.3) is 0 Å². The lowest BCUT2D eigenvalue weighted by Crippen LogP contribution is -2.27. The second-order valence-corrected chi connectivity index (χ2v) is 7.61. The molecule has 0 heterocycles. The van der Waals surface area contributed by atoms with Gasteiger partial charge in [-0.05, 0) is 86.0 Å². The maximum absolute atomic E-state index is 13.8. The van der Waals surface area contributed by atoms with Gasteiger partial charge in [0.1, 0.15) is 11.4 Å². The Morgan fingerprint density at radius 3 is 2.23 bits per heavy atom. The average Bonchev–Trinajstić information content (AvgIpc) is 2.42. The molecule has 0 aliphatic heterocycles. The summed E-state index contributed by atoms with van der Waals surface area (Å²) in [5.41, 5.74) is -1.19. The third-order valence-corrected chi connectivity index (χ3v) is 4.82. The zero-order chi connectivity index (χ0) is 16.4. The number of carboxylic acid groups (broad SMARTS) is 1. The van der Waals surface area contributed by atoms with Gasteiger partial charge in [0.2, 0.25) is 0 Å². The van der Waals surface area contributed by atoms with E-state index in [0.29, 0.717) is 7.14 Å². The first-order valence-electron chi connectivity index (χ1n) is 5.68. The van der Waals surface area contributed by atoms with E-state index >= 15 is 0 Å². The van der Waals surface area contributed by atoms with Crippen LogP contribution in [0.5, 0.6) is 5.75 Å². The number of rotatable bonds is 3. The van der Waals surface area contributed by atoms with Crippen LogP contribution in [0.4, 0.5) is 4.39 Å². The lowest BCUT2D eigenvalue weighted by atomic mass is 10.1. The summed E-state index contributed by atoms with van der Waals surface area (Å²) >= 11 is 6.09. The van der Waals surface area contributed by atoms with E-state index in [1.165, 1.54) is 6.07 Å². The molecule has 0 amide bonds. The lowest BCUT2D eigenvalue weighted by Gasteiger charge is -2.13. The molecular weight excluding hydrogens is 632 g/mol. The number of hydrogen-bond donors (Lipinski definition) is 0. The molecule has 0 unspecified atom stereocenters. The molecule has 2 aromatic carbocycles. The van der Waals surface area contributed by atoms with E-state index in [9.17, 15) is 19.1 Å². The molecule has 0 fully saturated rings. The SMILES string of the molecule is O=C([O-])c1cccc(F)c1C(=O)Oc1c(I)cc(I)cc1I. The molecule has 8 heteroatoms. The van der Waals surface area contributed by atoms with Crippen molar-refractivity contribution in [2.75, 3.05) is 0 Å². The summed E-state index contributed by atoms with van der Waals surface area (Å²) in [6.45, 7) is 0. The van der Waals surface area contributed by atoms with Crippen LogP contribution in [0.1, 0.15) is 20.7 Å². The molecule has 0 aliphatic rings. The first-order valence-corrected chi connectivity index (χ1v) is 8.91. The van der Waals surface area contributed by atoms with Crippen LogP contribution in [0.15, 0.2) is 30.3 Å². The van der Waals surface area contributed by atoms with Crippen LogP contribution in [0.2, 0.25) is 0 Å². The van der Waals surface area contributed by atoms with E-state index in [-0.39, 0.29) is 5.75 Å². The summed E-state index contributed by atoms with van der Waals surface area (Å²) < 4.78 is 21.3. The molecule has 0 spiro atoms. The number of carbonyl (C=O) groups is 2. The minimum atomic E-state index is -1.64. The average molecular weight is 637 g/mol. The fourth-order valence-electron chi connectivity index (χ4n) is 1.67. The second-order valence-electron chi connectivity index (χ2n) is 4.04. The van der Waals surface area contributed by atoms with Gasteiger partial charge in [-0.25, -0.2) is 9.18 Å². The van der Waals surface area contributed by atoms with E-state index < -0.39 is 28.9 Å². The normalized spacial score (nSPS) is 10.4. The third-order valence-electron chi connectivity index (χ3n) is 2.60. The van der Waals surface area contributed by atoms with Crippen molar-refractivity contribution in [3.8, 4) is 5.75 Å². The zero-order valence-electron chi connectivity index (χ0n) is 10.5. The van der Waals surface area contributed by atoms with Crippen LogP contribution in [-0.4, -0.2) is 11.9 Å². The molecule has 22 heavy (non-hydrogen) atoms. The van der Waals surface area contributed by atoms with Gasteiger partial charge >= 0.3 is 5.97 Å². The molecule has 0 saturated carbocycles. The van der Waals surface area contributed by atoms with E-state index in [2.05, 4.69) is 22.6 Å². The molecule has 0 atom stereocenters. The minimum Gasteiger partial charge on any atom is -0.545 e. The molecule has 2 rings (SSSR count). The first kappa shape index (κ1) is 17.8. The van der Waals surface area contributed by atoms with Crippen LogP contribution < -0.4 is 9.84 Å². The number of aromatic carboxylic acids is 1. The van der Waals surface area contributed by atoms with Crippen LogP contribution in [0, 0.1) is 16.5 Å². The predicted octanol–water partition coefficient (Wildman–Crippen LogP) is 3.22. The zero-order valence-corrected chi connectivity index (χ0v) is 17.0. The standard InChI is InChI=1S/C14H6FI3O4/c15-8-3-1-2-7(13(19)20)11(8)14(21)22-12-9(17)4-6(16)5-10(12)18/h1-5H,(H,19,20)/p-1. The Hall–Kier alpha value is -0.500. The van der Waals surface area contributed by atoms with Gasteiger partial charge in [0.05, 0.1) is 13.1 Å². The number of carbonyl (C=O) groups excluding carboxylic acids is 2. The van der Waals surface area contributed by atoms with Crippen molar-refractivity contribution in [2.24, 2.45) is 0 Å². The smallest absolute Gasteiger partial charge is 0.347 e. The topological polar surface area (TPSA) is 66.4 Å². The van der Waals surface area contributed by atoms with Crippen molar-refractivity contribution in [3.63, 3.8) is 0 Å². The molecule has 0 N–H and O–H groups in total. The largest absolute Gasteiger partial charge is 0.545 e. The second kappa shape index (κ2) is 7.38. The van der Waals surface area contributed by atoms with Crippen LogP contribution in [0.25, 0.3) is 0 Å². The highest BCUT2D eigenvalue weighted by Crippen LogP contribution is 2.30. The summed E-state index contributed by atoms with van der Waals surface area (Å²) in [4.78, 5) is 23.2. The number of ether oxygens (including phenoxy) is 1. The van der Waals surface area contributed by atoms with Crippen molar-refractivity contribution in [1.29, 1.82) is 0 Å². The fraction of sp³-hybridized carbons (Fsp3) is 0. The van der Waals surface area contributed by atoms with Gasteiger partial charge in [-0.15, -0.1) is 0 Å². The number of benzene rings is 2. The molecule has 0 bridgehead atoms. The quantitative estimate of drug-likeness (QED) is 0.295. The van der Waals surface area contributed by atoms with Gasteiger partial charge in [0, 0.05) is 9.13 Å². The maximum Gasteiger partial charge on any atom is 0.347 e. The Balaban J connectivity index is 2.45. The summed E-state index contributed by atoms with van der Waals surface area (Å²) in [5.74, 6) is -3.42. The van der Waals surface area contributed by atoms with E-state index in [0.717, 1.165) is 15.7 Å². The van der Waals surface area contributed by atoms with E-state index in [1.807, 2.05) is 45.2 Å². The van der Waals surface area contributed by atoms with Crippen molar-refractivity contribution in [1.82, 2.24) is 0 Å². The highest BCUT2D eigenvalue weighted by atomic mass is 127. The van der Waals surface area contributed by atoms with Crippen molar-refractivity contribution < 1.29 is 23.8 Å². The summed E-state index contributed by atoms with van der Waals surface area (Å²) in [5, 5.41) is 11.0. The first-order chi connectivity index (χ1) is 10.3. The number of esters is 1. The van der Waals surface area contributed by atoms with Crippen molar-refractivity contribution in [2.45, 2.75) is 0 Å². The Kier molecular flexibility index (Phi) is 5.99. The van der Waals surface area contributed by atoms with Crippen LogP contribution >= 0.6 is 67.8 Å². The van der Waals surface area contributed by atoms with Crippen LogP contribution in [0.3, 0.4) is 0 Å². The summed E-state index contributed by atoms with van der Waals surface area (Å²) in [6, 6.07) is 6.85. The van der Waals surface area contributed by atoms with Gasteiger partial charge in [-0.3, -0.25) is 0 Å². The molecule has 4 nitrogen and oxygen atoms in total. The molecule has 0 radical (unpaired) electrons. The summed E-state index contributed by atoms with van der Waals surface area (Å²) in [6.07, 6.45) is 0. The fourth-order valence-corrected chi connectivity index (χ4v) is 5.47. The van der Waals surface area contributed by atoms with E-state index in [1.54, 1.807) is 12.1 Å².